The molecule has 1 N–H and O–H groups in total. The number of sulfonamides is 1. The predicted molar refractivity (Wildman–Crippen MR) is 107 cm³/mol. The molecule has 0 saturated heterocycles. The third-order valence-electron chi connectivity index (χ3n) is 3.92. The minimum atomic E-state index is -3.67. The van der Waals surface area contributed by atoms with E-state index in [9.17, 15) is 18.0 Å². The number of aromatic nitrogens is 1. The monoisotopic (exact) mass is 425 g/mol. The minimum Gasteiger partial charge on any atom is -0.462 e. The standard InChI is InChI=1S/C18H23N3O5S2/c1-5-21(6-2)28(24,25)14-10-8-9-13(11-14)16(22)20-18-19-12(4)15(27-18)17(23)26-7-3/h8-11H,5-7H2,1-4H3,(H,19,20,22). The summed E-state index contributed by atoms with van der Waals surface area (Å²) in [6, 6.07) is 5.82. The van der Waals surface area contributed by atoms with Crippen molar-refractivity contribution in [3.8, 4) is 0 Å². The van der Waals surface area contributed by atoms with Crippen LogP contribution in [0.1, 0.15) is 46.5 Å². The summed E-state index contributed by atoms with van der Waals surface area (Å²) >= 11 is 1.01. The van der Waals surface area contributed by atoms with Gasteiger partial charge < -0.3 is 4.74 Å². The second kappa shape index (κ2) is 9.26. The first-order chi connectivity index (χ1) is 13.2. The second-order valence-electron chi connectivity index (χ2n) is 5.73. The second-order valence-corrected chi connectivity index (χ2v) is 8.66. The first-order valence-corrected chi connectivity index (χ1v) is 11.1. The Bertz CT molecular complexity index is 965. The molecule has 0 atom stereocenters. The van der Waals surface area contributed by atoms with E-state index in [-0.39, 0.29) is 22.2 Å². The molecule has 0 spiro atoms. The zero-order chi connectivity index (χ0) is 20.9. The molecule has 1 heterocycles. The molecule has 0 bridgehead atoms. The van der Waals surface area contributed by atoms with E-state index in [1.165, 1.54) is 28.6 Å². The Kier molecular flexibility index (Phi) is 7.28. The third-order valence-corrected chi connectivity index (χ3v) is 7.02. The maximum Gasteiger partial charge on any atom is 0.350 e. The number of nitrogens with zero attached hydrogens (tertiary/aromatic N) is 2. The molecule has 28 heavy (non-hydrogen) atoms. The van der Waals surface area contributed by atoms with Crippen molar-refractivity contribution in [1.82, 2.24) is 9.29 Å². The Balaban J connectivity index is 2.25. The Morgan fingerprint density at radius 1 is 1.21 bits per heavy atom. The van der Waals surface area contributed by atoms with Crippen molar-refractivity contribution < 1.29 is 22.7 Å². The lowest BCUT2D eigenvalue weighted by molar-refractivity contribution is 0.0531. The van der Waals surface area contributed by atoms with Crippen molar-refractivity contribution in [2.45, 2.75) is 32.6 Å². The van der Waals surface area contributed by atoms with Crippen molar-refractivity contribution in [2.24, 2.45) is 0 Å². The fourth-order valence-electron chi connectivity index (χ4n) is 2.52. The molecule has 1 aromatic heterocycles. The van der Waals surface area contributed by atoms with E-state index in [2.05, 4.69) is 10.3 Å². The Hall–Kier alpha value is -2.30. The highest BCUT2D eigenvalue weighted by Gasteiger charge is 2.23. The van der Waals surface area contributed by atoms with Crippen molar-refractivity contribution in [1.29, 1.82) is 0 Å². The smallest absolute Gasteiger partial charge is 0.350 e. The molecule has 0 aliphatic heterocycles. The van der Waals surface area contributed by atoms with Gasteiger partial charge in [0.15, 0.2) is 5.13 Å². The summed E-state index contributed by atoms with van der Waals surface area (Å²) < 4.78 is 31.6. The van der Waals surface area contributed by atoms with Crippen LogP contribution in [0, 0.1) is 6.92 Å². The van der Waals surface area contributed by atoms with E-state index in [1.54, 1.807) is 27.7 Å². The van der Waals surface area contributed by atoms with Crippen molar-refractivity contribution >= 4 is 38.4 Å². The van der Waals surface area contributed by atoms with Crippen LogP contribution in [0.15, 0.2) is 29.2 Å². The van der Waals surface area contributed by atoms with Gasteiger partial charge in [-0.2, -0.15) is 4.31 Å². The molecule has 2 aromatic rings. The summed E-state index contributed by atoms with van der Waals surface area (Å²) in [4.78, 5) is 29.0. The van der Waals surface area contributed by atoms with Gasteiger partial charge in [0.25, 0.3) is 5.91 Å². The van der Waals surface area contributed by atoms with E-state index in [4.69, 9.17) is 4.74 Å². The number of aryl methyl sites for hydroxylation is 1. The van der Waals surface area contributed by atoms with Crippen LogP contribution in [0.5, 0.6) is 0 Å². The van der Waals surface area contributed by atoms with Crippen LogP contribution in [0.25, 0.3) is 0 Å². The molecular weight excluding hydrogens is 402 g/mol. The van der Waals surface area contributed by atoms with Crippen LogP contribution in [-0.4, -0.2) is 49.3 Å². The fourth-order valence-corrected chi connectivity index (χ4v) is 4.88. The van der Waals surface area contributed by atoms with Gasteiger partial charge in [-0.25, -0.2) is 18.2 Å². The van der Waals surface area contributed by atoms with Crippen molar-refractivity contribution in [3.05, 3.63) is 40.4 Å². The number of hydrogen-bond acceptors (Lipinski definition) is 7. The molecule has 0 unspecified atom stereocenters. The SMILES string of the molecule is CCOC(=O)c1sc(NC(=O)c2cccc(S(=O)(=O)N(CC)CC)c2)nc1C. The molecule has 152 valence electrons. The van der Waals surface area contributed by atoms with Gasteiger partial charge in [0, 0.05) is 18.7 Å². The predicted octanol–water partition coefficient (Wildman–Crippen LogP) is 2.91. The lowest BCUT2D eigenvalue weighted by atomic mass is 10.2. The molecule has 1 amide bonds. The quantitative estimate of drug-likeness (QED) is 0.652. The zero-order valence-electron chi connectivity index (χ0n) is 16.2. The number of thiazole rings is 1. The first-order valence-electron chi connectivity index (χ1n) is 8.80. The number of benzene rings is 1. The highest BCUT2D eigenvalue weighted by Crippen LogP contribution is 2.24. The maximum atomic E-state index is 12.6. The minimum absolute atomic E-state index is 0.0476. The van der Waals surface area contributed by atoms with Gasteiger partial charge in [-0.05, 0) is 32.0 Å². The third kappa shape index (κ3) is 4.75. The number of anilines is 1. The summed E-state index contributed by atoms with van der Waals surface area (Å²) in [5, 5.41) is 2.84. The molecule has 1 aromatic carbocycles. The number of ether oxygens (including phenoxy) is 1. The number of carbonyl (C=O) groups is 2. The van der Waals surface area contributed by atoms with Gasteiger partial charge in [-0.3, -0.25) is 10.1 Å². The van der Waals surface area contributed by atoms with Crippen LogP contribution in [-0.2, 0) is 14.8 Å². The summed E-state index contributed by atoms with van der Waals surface area (Å²) in [5.74, 6) is -1.01. The number of nitrogens with one attached hydrogen (secondary N) is 1. The van der Waals surface area contributed by atoms with Gasteiger partial charge in [0.1, 0.15) is 4.88 Å². The fraction of sp³-hybridized carbons (Fsp3) is 0.389. The Labute approximate surface area is 168 Å². The van der Waals surface area contributed by atoms with Crippen LogP contribution >= 0.6 is 11.3 Å². The zero-order valence-corrected chi connectivity index (χ0v) is 17.8. The van der Waals surface area contributed by atoms with Gasteiger partial charge >= 0.3 is 5.97 Å². The summed E-state index contributed by atoms with van der Waals surface area (Å²) in [7, 11) is -3.67. The molecule has 8 nitrogen and oxygen atoms in total. The highest BCUT2D eigenvalue weighted by atomic mass is 32.2. The molecular formula is C18H23N3O5S2. The van der Waals surface area contributed by atoms with E-state index < -0.39 is 21.9 Å². The number of amides is 1. The number of esters is 1. The number of rotatable bonds is 8. The lowest BCUT2D eigenvalue weighted by Gasteiger charge is -2.18. The lowest BCUT2D eigenvalue weighted by Crippen LogP contribution is -2.30. The molecule has 0 aliphatic carbocycles. The molecule has 0 saturated carbocycles. The number of carbonyl (C=O) groups excluding carboxylic acids is 2. The molecule has 0 fully saturated rings. The van der Waals surface area contributed by atoms with E-state index in [0.29, 0.717) is 23.7 Å². The van der Waals surface area contributed by atoms with Gasteiger partial charge in [-0.15, -0.1) is 0 Å². The maximum absolute atomic E-state index is 12.6. The highest BCUT2D eigenvalue weighted by molar-refractivity contribution is 7.89. The van der Waals surface area contributed by atoms with Crippen LogP contribution in [0.4, 0.5) is 5.13 Å². The van der Waals surface area contributed by atoms with Gasteiger partial charge in [0.2, 0.25) is 10.0 Å². The van der Waals surface area contributed by atoms with E-state index in [0.717, 1.165) is 11.3 Å². The van der Waals surface area contributed by atoms with E-state index in [1.807, 2.05) is 0 Å². The van der Waals surface area contributed by atoms with E-state index >= 15 is 0 Å². The van der Waals surface area contributed by atoms with Gasteiger partial charge in [-0.1, -0.05) is 31.3 Å². The van der Waals surface area contributed by atoms with Crippen LogP contribution in [0.2, 0.25) is 0 Å². The summed E-state index contributed by atoms with van der Waals surface area (Å²) in [6.45, 7) is 7.78. The normalized spacial score (nSPS) is 11.5. The topological polar surface area (TPSA) is 106 Å². The molecule has 0 radical (unpaired) electrons. The largest absolute Gasteiger partial charge is 0.462 e. The van der Waals surface area contributed by atoms with Crippen LogP contribution in [0.3, 0.4) is 0 Å². The molecule has 10 heteroatoms. The first kappa shape index (κ1) is 22.0. The molecule has 2 rings (SSSR count). The van der Waals surface area contributed by atoms with Gasteiger partial charge in [0.05, 0.1) is 17.2 Å². The Morgan fingerprint density at radius 3 is 2.50 bits per heavy atom. The number of hydrogen-bond donors (Lipinski definition) is 1. The van der Waals surface area contributed by atoms with Crippen LogP contribution < -0.4 is 5.32 Å². The molecule has 0 aliphatic rings. The Morgan fingerprint density at radius 2 is 1.89 bits per heavy atom. The van der Waals surface area contributed by atoms with Crippen molar-refractivity contribution in [2.75, 3.05) is 25.0 Å². The average molecular weight is 426 g/mol. The average Bonchev–Trinajstić information content (AvgIpc) is 3.03. The summed E-state index contributed by atoms with van der Waals surface area (Å²) in [5.41, 5.74) is 0.635. The summed E-state index contributed by atoms with van der Waals surface area (Å²) in [6.07, 6.45) is 0. The van der Waals surface area contributed by atoms with Crippen molar-refractivity contribution in [3.63, 3.8) is 0 Å².